The van der Waals surface area contributed by atoms with Crippen LogP contribution in [0.4, 0.5) is 0 Å². The highest BCUT2D eigenvalue weighted by Gasteiger charge is 2.37. The molecule has 1 aromatic heterocycles. The number of aryl methyl sites for hydroxylation is 1. The molecule has 34 heavy (non-hydrogen) atoms. The maximum Gasteiger partial charge on any atom is 0.328 e. The number of aliphatic carboxylic acids is 1. The van der Waals surface area contributed by atoms with Crippen LogP contribution in [0.1, 0.15) is 68.5 Å². The van der Waals surface area contributed by atoms with Crippen LogP contribution in [-0.4, -0.2) is 21.0 Å². The summed E-state index contributed by atoms with van der Waals surface area (Å²) in [6, 6.07) is 14.4. The van der Waals surface area contributed by atoms with E-state index in [1.807, 2.05) is 30.3 Å². The van der Waals surface area contributed by atoms with Crippen molar-refractivity contribution in [2.75, 3.05) is 0 Å². The van der Waals surface area contributed by atoms with Gasteiger partial charge in [-0.3, -0.25) is 0 Å². The highest BCUT2D eigenvalue weighted by molar-refractivity contribution is 5.85. The van der Waals surface area contributed by atoms with E-state index in [0.29, 0.717) is 23.9 Å². The molecule has 0 bridgehead atoms. The first kappa shape index (κ1) is 23.7. The van der Waals surface area contributed by atoms with E-state index >= 15 is 0 Å². The number of carboxylic acids is 1. The molecule has 0 spiro atoms. The van der Waals surface area contributed by atoms with E-state index in [2.05, 4.69) is 51.7 Å². The third-order valence-corrected chi connectivity index (χ3v) is 6.83. The van der Waals surface area contributed by atoms with Crippen molar-refractivity contribution >= 4 is 12.0 Å². The molecule has 1 aliphatic rings. The lowest BCUT2D eigenvalue weighted by Gasteiger charge is -2.42. The molecule has 2 aromatic carbocycles. The van der Waals surface area contributed by atoms with Crippen molar-refractivity contribution in [3.05, 3.63) is 82.7 Å². The number of aromatic nitrogens is 2. The van der Waals surface area contributed by atoms with Gasteiger partial charge in [-0.2, -0.15) is 0 Å². The van der Waals surface area contributed by atoms with E-state index in [4.69, 9.17) is 14.8 Å². The Hall–Kier alpha value is -3.47. The van der Waals surface area contributed by atoms with Crippen LogP contribution in [0.15, 0.2) is 54.7 Å². The zero-order valence-corrected chi connectivity index (χ0v) is 20.6. The Morgan fingerprint density at radius 3 is 2.35 bits per heavy atom. The van der Waals surface area contributed by atoms with Crippen LogP contribution in [0.2, 0.25) is 0 Å². The predicted octanol–water partition coefficient (Wildman–Crippen LogP) is 6.48. The molecule has 1 aliphatic carbocycles. The second-order valence-corrected chi connectivity index (χ2v) is 10.4. The summed E-state index contributed by atoms with van der Waals surface area (Å²) in [4.78, 5) is 20.3. The number of fused-ring (bicyclic) bond motifs is 1. The molecule has 0 fully saturated rings. The molecule has 0 radical (unpaired) electrons. The average Bonchev–Trinajstić information content (AvgIpc) is 2.80. The van der Waals surface area contributed by atoms with Crippen LogP contribution in [0.5, 0.6) is 5.88 Å². The summed E-state index contributed by atoms with van der Waals surface area (Å²) in [6.07, 6.45) is 6.36. The molecule has 0 unspecified atom stereocenters. The third-order valence-electron chi connectivity index (χ3n) is 6.83. The molecule has 1 N–H and O–H groups in total. The van der Waals surface area contributed by atoms with Crippen molar-refractivity contribution in [3.63, 3.8) is 0 Å². The first-order valence-corrected chi connectivity index (χ1v) is 11.7. The van der Waals surface area contributed by atoms with Gasteiger partial charge in [0.1, 0.15) is 12.3 Å². The number of rotatable bonds is 6. The van der Waals surface area contributed by atoms with Crippen LogP contribution in [0, 0.1) is 6.92 Å². The second-order valence-electron chi connectivity index (χ2n) is 10.4. The van der Waals surface area contributed by atoms with Gasteiger partial charge < -0.3 is 9.84 Å². The fourth-order valence-electron chi connectivity index (χ4n) is 4.61. The van der Waals surface area contributed by atoms with Gasteiger partial charge >= 0.3 is 5.97 Å². The summed E-state index contributed by atoms with van der Waals surface area (Å²) in [5.41, 5.74) is 7.17. The molecule has 4 rings (SSSR count). The number of ether oxygens (including phenoxy) is 1. The second kappa shape index (κ2) is 9.05. The molecule has 0 amide bonds. The van der Waals surface area contributed by atoms with Crippen molar-refractivity contribution in [2.45, 2.75) is 64.9 Å². The highest BCUT2D eigenvalue weighted by Crippen LogP contribution is 2.48. The molecule has 5 heteroatoms. The Labute approximate surface area is 201 Å². The van der Waals surface area contributed by atoms with Gasteiger partial charge in [0.2, 0.25) is 5.88 Å². The summed E-state index contributed by atoms with van der Waals surface area (Å²) in [5, 5.41) is 9.00. The average molecular weight is 457 g/mol. The van der Waals surface area contributed by atoms with Gasteiger partial charge in [-0.05, 0) is 65.0 Å². The van der Waals surface area contributed by atoms with Gasteiger partial charge in [-0.1, -0.05) is 64.1 Å². The maximum absolute atomic E-state index is 11.0. The summed E-state index contributed by atoms with van der Waals surface area (Å²) in [5.74, 6) is -0.639. The first-order valence-electron chi connectivity index (χ1n) is 11.7. The zero-order valence-electron chi connectivity index (χ0n) is 20.6. The molecular formula is C29H32N2O3. The molecule has 176 valence electrons. The standard InChI is InChI=1S/C29H32N2O3/c1-19-15-23-24(29(4,5)14-13-28(23,2)3)16-22(19)26-27(34-18-20-9-7-6-8-10-20)31-21(17-30-26)11-12-25(32)33/h6-12,15-17H,13-14,18H2,1-5H3,(H,32,33)/b12-11+. The number of nitrogens with zero attached hydrogens (tertiary/aromatic N) is 2. The highest BCUT2D eigenvalue weighted by atomic mass is 16.5. The molecule has 5 nitrogen and oxygen atoms in total. The largest absolute Gasteiger partial charge is 0.478 e. The fourth-order valence-corrected chi connectivity index (χ4v) is 4.61. The van der Waals surface area contributed by atoms with Crippen molar-refractivity contribution in [1.82, 2.24) is 9.97 Å². The van der Waals surface area contributed by atoms with E-state index < -0.39 is 5.97 Å². The van der Waals surface area contributed by atoms with Crippen LogP contribution in [-0.2, 0) is 22.2 Å². The lowest BCUT2D eigenvalue weighted by Crippen LogP contribution is -2.34. The van der Waals surface area contributed by atoms with Crippen molar-refractivity contribution in [1.29, 1.82) is 0 Å². The van der Waals surface area contributed by atoms with E-state index in [1.54, 1.807) is 6.20 Å². The predicted molar refractivity (Wildman–Crippen MR) is 135 cm³/mol. The number of hydrogen-bond donors (Lipinski definition) is 1. The number of hydrogen-bond acceptors (Lipinski definition) is 4. The quantitative estimate of drug-likeness (QED) is 0.430. The smallest absolute Gasteiger partial charge is 0.328 e. The Kier molecular flexibility index (Phi) is 6.30. The van der Waals surface area contributed by atoms with Gasteiger partial charge in [-0.15, -0.1) is 0 Å². The first-order chi connectivity index (χ1) is 16.1. The lowest BCUT2D eigenvalue weighted by molar-refractivity contribution is -0.131. The summed E-state index contributed by atoms with van der Waals surface area (Å²) in [7, 11) is 0. The minimum Gasteiger partial charge on any atom is -0.478 e. The number of carboxylic acid groups (broad SMARTS) is 1. The minimum atomic E-state index is -1.03. The third kappa shape index (κ3) is 4.89. The fraction of sp³-hybridized carbons (Fsp3) is 0.345. The molecule has 3 aromatic rings. The van der Waals surface area contributed by atoms with Gasteiger partial charge in [-0.25, -0.2) is 14.8 Å². The summed E-state index contributed by atoms with van der Waals surface area (Å²) in [6.45, 7) is 11.7. The zero-order chi connectivity index (χ0) is 24.5. The topological polar surface area (TPSA) is 72.3 Å². The molecule has 1 heterocycles. The Morgan fingerprint density at radius 2 is 1.71 bits per heavy atom. The Bertz CT molecular complexity index is 1240. The van der Waals surface area contributed by atoms with Crippen LogP contribution in [0.25, 0.3) is 17.3 Å². The van der Waals surface area contributed by atoms with E-state index in [9.17, 15) is 4.79 Å². The van der Waals surface area contributed by atoms with Crippen LogP contribution in [0.3, 0.4) is 0 Å². The molecule has 0 saturated heterocycles. The Morgan fingerprint density at radius 1 is 1.06 bits per heavy atom. The summed E-state index contributed by atoms with van der Waals surface area (Å²) >= 11 is 0. The lowest BCUT2D eigenvalue weighted by atomic mass is 9.62. The van der Waals surface area contributed by atoms with Crippen molar-refractivity contribution in [2.24, 2.45) is 0 Å². The van der Waals surface area contributed by atoms with E-state index in [0.717, 1.165) is 35.6 Å². The normalized spacial score (nSPS) is 16.3. The van der Waals surface area contributed by atoms with Crippen LogP contribution < -0.4 is 4.74 Å². The molecular weight excluding hydrogens is 424 g/mol. The van der Waals surface area contributed by atoms with Crippen LogP contribution >= 0.6 is 0 Å². The SMILES string of the molecule is Cc1cc2c(cc1-c1ncc(/C=C/C(=O)O)nc1OCc1ccccc1)C(C)(C)CCC2(C)C. The summed E-state index contributed by atoms with van der Waals surface area (Å²) < 4.78 is 6.16. The van der Waals surface area contributed by atoms with E-state index in [-0.39, 0.29) is 10.8 Å². The monoisotopic (exact) mass is 456 g/mol. The number of carbonyl (C=O) groups is 1. The minimum absolute atomic E-state index is 0.0654. The van der Waals surface area contributed by atoms with Gasteiger partial charge in [0, 0.05) is 11.6 Å². The molecule has 0 saturated carbocycles. The number of benzene rings is 2. The van der Waals surface area contributed by atoms with Crippen molar-refractivity contribution in [3.8, 4) is 17.1 Å². The van der Waals surface area contributed by atoms with Gasteiger partial charge in [0.25, 0.3) is 0 Å². The van der Waals surface area contributed by atoms with Gasteiger partial charge in [0.05, 0.1) is 11.9 Å². The van der Waals surface area contributed by atoms with Gasteiger partial charge in [0.15, 0.2) is 0 Å². The molecule has 0 atom stereocenters. The Balaban J connectivity index is 1.82. The van der Waals surface area contributed by atoms with Crippen molar-refractivity contribution < 1.29 is 14.6 Å². The van der Waals surface area contributed by atoms with E-state index in [1.165, 1.54) is 17.2 Å². The molecule has 0 aliphatic heterocycles. The maximum atomic E-state index is 11.0.